The van der Waals surface area contributed by atoms with E-state index in [0.717, 1.165) is 17.6 Å². The Kier molecular flexibility index (Phi) is 8.35. The normalized spacial score (nSPS) is 14.0. The molecule has 0 aliphatic carbocycles. The summed E-state index contributed by atoms with van der Waals surface area (Å²) in [6.45, 7) is 10.6. The number of rotatable bonds is 9. The standard InChI is InChI=1S/C20H28O3/c1-15(2)11-12-17(16(3)4)13-14-23-20(21)19(22-5)18-9-7-6-8-10-18/h6-12,16-17,19H,1,13-14H2,2-5H3/b12-11+/t17-,19+/m0/s1. The van der Waals surface area contributed by atoms with Gasteiger partial charge in [-0.05, 0) is 30.7 Å². The fourth-order valence-corrected chi connectivity index (χ4v) is 2.31. The van der Waals surface area contributed by atoms with Gasteiger partial charge in [-0.2, -0.15) is 0 Å². The van der Waals surface area contributed by atoms with Gasteiger partial charge in [0.25, 0.3) is 0 Å². The van der Waals surface area contributed by atoms with Crippen LogP contribution in [0.5, 0.6) is 0 Å². The summed E-state index contributed by atoms with van der Waals surface area (Å²) in [6.07, 6.45) is 4.29. The predicted molar refractivity (Wildman–Crippen MR) is 94.1 cm³/mol. The van der Waals surface area contributed by atoms with E-state index >= 15 is 0 Å². The molecule has 126 valence electrons. The van der Waals surface area contributed by atoms with Crippen LogP contribution in [0.3, 0.4) is 0 Å². The van der Waals surface area contributed by atoms with Crippen molar-refractivity contribution in [2.24, 2.45) is 11.8 Å². The molecule has 0 fully saturated rings. The van der Waals surface area contributed by atoms with E-state index in [0.29, 0.717) is 18.4 Å². The second kappa shape index (κ2) is 10.0. The maximum atomic E-state index is 12.2. The minimum Gasteiger partial charge on any atom is -0.463 e. The summed E-state index contributed by atoms with van der Waals surface area (Å²) in [5.41, 5.74) is 1.83. The fraction of sp³-hybridized carbons (Fsp3) is 0.450. The minimum absolute atomic E-state index is 0.343. The highest BCUT2D eigenvalue weighted by Crippen LogP contribution is 2.20. The summed E-state index contributed by atoms with van der Waals surface area (Å²) in [6, 6.07) is 9.39. The summed E-state index contributed by atoms with van der Waals surface area (Å²) in [5.74, 6) is 0.499. The average Bonchev–Trinajstić information content (AvgIpc) is 2.51. The van der Waals surface area contributed by atoms with Crippen LogP contribution in [0.1, 0.15) is 38.9 Å². The molecule has 1 aromatic rings. The Hall–Kier alpha value is -1.87. The first-order chi connectivity index (χ1) is 11.0. The number of carbonyl (C=O) groups is 1. The van der Waals surface area contributed by atoms with E-state index in [4.69, 9.17) is 9.47 Å². The van der Waals surface area contributed by atoms with Crippen LogP contribution in [0.2, 0.25) is 0 Å². The number of hydrogen-bond donors (Lipinski definition) is 0. The molecular formula is C20H28O3. The molecular weight excluding hydrogens is 288 g/mol. The average molecular weight is 316 g/mol. The molecule has 0 radical (unpaired) electrons. The summed E-state index contributed by atoms with van der Waals surface area (Å²) < 4.78 is 10.7. The second-order valence-electron chi connectivity index (χ2n) is 6.10. The molecule has 0 saturated carbocycles. The number of allylic oxidation sites excluding steroid dienone is 3. The zero-order valence-electron chi connectivity index (χ0n) is 14.6. The third kappa shape index (κ3) is 6.83. The molecule has 0 unspecified atom stereocenters. The lowest BCUT2D eigenvalue weighted by Crippen LogP contribution is -2.19. The molecule has 1 aromatic carbocycles. The molecule has 0 aromatic heterocycles. The number of hydrogen-bond acceptors (Lipinski definition) is 3. The van der Waals surface area contributed by atoms with Gasteiger partial charge in [0.2, 0.25) is 0 Å². The van der Waals surface area contributed by atoms with Crippen molar-refractivity contribution in [2.75, 3.05) is 13.7 Å². The van der Waals surface area contributed by atoms with Crippen LogP contribution >= 0.6 is 0 Å². The molecule has 0 heterocycles. The van der Waals surface area contributed by atoms with Gasteiger partial charge >= 0.3 is 5.97 Å². The van der Waals surface area contributed by atoms with E-state index in [1.54, 1.807) is 0 Å². The van der Waals surface area contributed by atoms with Crippen LogP contribution in [0.15, 0.2) is 54.6 Å². The summed E-state index contributed by atoms with van der Waals surface area (Å²) in [4.78, 5) is 12.2. The summed E-state index contributed by atoms with van der Waals surface area (Å²) in [5, 5.41) is 0. The Balaban J connectivity index is 2.55. The van der Waals surface area contributed by atoms with Gasteiger partial charge in [0.05, 0.1) is 6.61 Å². The van der Waals surface area contributed by atoms with Crippen molar-refractivity contribution in [2.45, 2.75) is 33.3 Å². The number of ether oxygens (including phenoxy) is 2. The topological polar surface area (TPSA) is 35.5 Å². The lowest BCUT2D eigenvalue weighted by molar-refractivity contribution is -0.156. The van der Waals surface area contributed by atoms with Gasteiger partial charge in [-0.3, -0.25) is 0 Å². The molecule has 3 nitrogen and oxygen atoms in total. The number of benzene rings is 1. The zero-order chi connectivity index (χ0) is 17.2. The first-order valence-corrected chi connectivity index (χ1v) is 8.03. The molecule has 0 bridgehead atoms. The van der Waals surface area contributed by atoms with E-state index in [9.17, 15) is 4.79 Å². The number of carbonyl (C=O) groups excluding carboxylic acids is 1. The van der Waals surface area contributed by atoms with Gasteiger partial charge in [0.15, 0.2) is 6.10 Å². The van der Waals surface area contributed by atoms with Crippen molar-refractivity contribution in [3.8, 4) is 0 Å². The quantitative estimate of drug-likeness (QED) is 0.489. The van der Waals surface area contributed by atoms with Crippen LogP contribution < -0.4 is 0 Å². The van der Waals surface area contributed by atoms with Gasteiger partial charge in [0, 0.05) is 7.11 Å². The minimum atomic E-state index is -0.667. The molecule has 23 heavy (non-hydrogen) atoms. The van der Waals surface area contributed by atoms with Crippen molar-refractivity contribution in [1.29, 1.82) is 0 Å². The summed E-state index contributed by atoms with van der Waals surface area (Å²) in [7, 11) is 1.52. The van der Waals surface area contributed by atoms with Crippen LogP contribution in [0, 0.1) is 11.8 Å². The second-order valence-corrected chi connectivity index (χ2v) is 6.10. The van der Waals surface area contributed by atoms with Crippen LogP contribution in [-0.2, 0) is 14.3 Å². The Morgan fingerprint density at radius 1 is 1.26 bits per heavy atom. The fourth-order valence-electron chi connectivity index (χ4n) is 2.31. The van der Waals surface area contributed by atoms with Gasteiger partial charge in [0.1, 0.15) is 0 Å². The lowest BCUT2D eigenvalue weighted by Gasteiger charge is -2.19. The molecule has 0 amide bonds. The van der Waals surface area contributed by atoms with E-state index in [2.05, 4.69) is 26.5 Å². The molecule has 0 aliphatic rings. The highest BCUT2D eigenvalue weighted by Gasteiger charge is 2.21. The Morgan fingerprint density at radius 2 is 1.91 bits per heavy atom. The number of methoxy groups -OCH3 is 1. The monoisotopic (exact) mass is 316 g/mol. The highest BCUT2D eigenvalue weighted by atomic mass is 16.6. The Bertz CT molecular complexity index is 517. The van der Waals surface area contributed by atoms with Crippen molar-refractivity contribution in [3.05, 3.63) is 60.2 Å². The molecule has 0 N–H and O–H groups in total. The number of esters is 1. The van der Waals surface area contributed by atoms with E-state index < -0.39 is 6.10 Å². The van der Waals surface area contributed by atoms with Gasteiger partial charge in [-0.15, -0.1) is 0 Å². The Labute approximate surface area is 140 Å². The van der Waals surface area contributed by atoms with E-state index in [1.807, 2.05) is 43.3 Å². The summed E-state index contributed by atoms with van der Waals surface area (Å²) >= 11 is 0. The third-order valence-electron chi connectivity index (χ3n) is 3.73. The molecule has 2 atom stereocenters. The van der Waals surface area contributed by atoms with Gasteiger partial charge < -0.3 is 9.47 Å². The Morgan fingerprint density at radius 3 is 2.43 bits per heavy atom. The van der Waals surface area contributed by atoms with Crippen LogP contribution in [-0.4, -0.2) is 19.7 Å². The highest BCUT2D eigenvalue weighted by molar-refractivity contribution is 5.76. The molecule has 1 rings (SSSR count). The molecule has 0 saturated heterocycles. The lowest BCUT2D eigenvalue weighted by atomic mass is 9.92. The van der Waals surface area contributed by atoms with Gasteiger partial charge in [-0.1, -0.05) is 68.5 Å². The maximum Gasteiger partial charge on any atom is 0.339 e. The van der Waals surface area contributed by atoms with Crippen molar-refractivity contribution in [3.63, 3.8) is 0 Å². The van der Waals surface area contributed by atoms with Crippen molar-refractivity contribution < 1.29 is 14.3 Å². The third-order valence-corrected chi connectivity index (χ3v) is 3.73. The molecule has 0 aliphatic heterocycles. The molecule has 3 heteroatoms. The smallest absolute Gasteiger partial charge is 0.339 e. The maximum absolute atomic E-state index is 12.2. The van der Waals surface area contributed by atoms with Gasteiger partial charge in [-0.25, -0.2) is 4.79 Å². The van der Waals surface area contributed by atoms with Crippen molar-refractivity contribution >= 4 is 5.97 Å². The molecule has 0 spiro atoms. The first-order valence-electron chi connectivity index (χ1n) is 8.03. The largest absolute Gasteiger partial charge is 0.463 e. The first kappa shape index (κ1) is 19.2. The predicted octanol–water partition coefficient (Wildman–Crippen LogP) is 4.71. The SMILES string of the molecule is C=C(C)/C=C/[C@@H](CCOC(=O)[C@H](OC)c1ccccc1)C(C)C. The van der Waals surface area contributed by atoms with Crippen LogP contribution in [0.25, 0.3) is 0 Å². The zero-order valence-corrected chi connectivity index (χ0v) is 14.6. The van der Waals surface area contributed by atoms with E-state index in [-0.39, 0.29) is 5.97 Å². The van der Waals surface area contributed by atoms with Crippen molar-refractivity contribution in [1.82, 2.24) is 0 Å². The van der Waals surface area contributed by atoms with E-state index in [1.165, 1.54) is 7.11 Å². The van der Waals surface area contributed by atoms with Crippen LogP contribution in [0.4, 0.5) is 0 Å².